The Kier molecular flexibility index (Phi) is 5.41. The Morgan fingerprint density at radius 1 is 1.43 bits per heavy atom. The van der Waals surface area contributed by atoms with Gasteiger partial charge in [0, 0.05) is 6.07 Å². The number of carbonyl (C=O) groups is 1. The lowest BCUT2D eigenvalue weighted by atomic mass is 10.1. The molecule has 6 nitrogen and oxygen atoms in total. The van der Waals surface area contributed by atoms with Crippen LogP contribution in [0.2, 0.25) is 0 Å². The number of nitrogens with one attached hydrogen (secondary N) is 1. The summed E-state index contributed by atoms with van der Waals surface area (Å²) in [5.74, 6) is 1.72. The highest BCUT2D eigenvalue weighted by molar-refractivity contribution is 5.93. The van der Waals surface area contributed by atoms with E-state index in [9.17, 15) is 4.79 Å². The van der Waals surface area contributed by atoms with Gasteiger partial charge < -0.3 is 19.3 Å². The van der Waals surface area contributed by atoms with Crippen LogP contribution in [0.5, 0.6) is 11.5 Å². The maximum absolute atomic E-state index is 12.1. The quantitative estimate of drug-likeness (QED) is 0.794. The van der Waals surface area contributed by atoms with E-state index >= 15 is 0 Å². The van der Waals surface area contributed by atoms with Gasteiger partial charge in [-0.1, -0.05) is 17.3 Å². The number of benzene rings is 1. The number of carbonyl (C=O) groups excluding carboxylic acids is 1. The maximum Gasteiger partial charge on any atom is 0.266 e. The van der Waals surface area contributed by atoms with Gasteiger partial charge >= 0.3 is 0 Å². The van der Waals surface area contributed by atoms with Crippen LogP contribution < -0.4 is 14.8 Å². The van der Waals surface area contributed by atoms with E-state index in [0.29, 0.717) is 23.1 Å². The molecule has 6 heteroatoms. The molecule has 1 N–H and O–H groups in total. The van der Waals surface area contributed by atoms with Crippen LogP contribution in [0.3, 0.4) is 0 Å². The van der Waals surface area contributed by atoms with Gasteiger partial charge in [-0.2, -0.15) is 0 Å². The van der Waals surface area contributed by atoms with Crippen molar-refractivity contribution < 1.29 is 18.8 Å². The van der Waals surface area contributed by atoms with Gasteiger partial charge in [0.2, 0.25) is 0 Å². The lowest BCUT2D eigenvalue weighted by Crippen LogP contribution is -2.30. The highest BCUT2D eigenvalue weighted by atomic mass is 16.5. The number of rotatable bonds is 7. The van der Waals surface area contributed by atoms with Gasteiger partial charge in [0.25, 0.3) is 5.91 Å². The van der Waals surface area contributed by atoms with Crippen molar-refractivity contribution in [2.75, 3.05) is 12.4 Å². The van der Waals surface area contributed by atoms with Gasteiger partial charge in [0.15, 0.2) is 23.4 Å². The summed E-state index contributed by atoms with van der Waals surface area (Å²) < 4.78 is 15.9. The number of hydrogen-bond donors (Lipinski definition) is 1. The molecular formula is C17H20N2O4. The third-order valence-corrected chi connectivity index (χ3v) is 3.16. The average molecular weight is 316 g/mol. The summed E-state index contributed by atoms with van der Waals surface area (Å²) in [6.45, 7) is 7.11. The molecule has 0 fully saturated rings. The molecule has 1 aromatic carbocycles. The minimum Gasteiger partial charge on any atom is -0.493 e. The number of ether oxygens (including phenoxy) is 2. The molecule has 0 saturated carbocycles. The molecule has 1 heterocycles. The Bertz CT molecular complexity index is 694. The monoisotopic (exact) mass is 316 g/mol. The second-order valence-electron chi connectivity index (χ2n) is 5.05. The van der Waals surface area contributed by atoms with E-state index in [4.69, 9.17) is 14.0 Å². The molecule has 1 amide bonds. The van der Waals surface area contributed by atoms with Crippen LogP contribution in [-0.4, -0.2) is 24.3 Å². The van der Waals surface area contributed by atoms with Crippen molar-refractivity contribution in [3.8, 4) is 11.5 Å². The zero-order valence-electron chi connectivity index (χ0n) is 13.5. The molecule has 0 spiro atoms. The van der Waals surface area contributed by atoms with Crippen LogP contribution in [-0.2, 0) is 11.2 Å². The molecule has 1 unspecified atom stereocenters. The third-order valence-electron chi connectivity index (χ3n) is 3.16. The number of anilines is 1. The molecule has 0 aliphatic rings. The summed E-state index contributed by atoms with van der Waals surface area (Å²) >= 11 is 0. The first-order valence-corrected chi connectivity index (χ1v) is 7.22. The van der Waals surface area contributed by atoms with Crippen LogP contribution in [0.1, 0.15) is 18.2 Å². The molecular weight excluding hydrogens is 296 g/mol. The van der Waals surface area contributed by atoms with Gasteiger partial charge in [0.1, 0.15) is 5.76 Å². The van der Waals surface area contributed by atoms with Gasteiger partial charge in [-0.3, -0.25) is 4.79 Å². The second-order valence-corrected chi connectivity index (χ2v) is 5.05. The van der Waals surface area contributed by atoms with E-state index in [-0.39, 0.29) is 5.91 Å². The van der Waals surface area contributed by atoms with E-state index < -0.39 is 6.10 Å². The molecule has 122 valence electrons. The number of methoxy groups -OCH3 is 1. The predicted molar refractivity (Wildman–Crippen MR) is 86.9 cm³/mol. The van der Waals surface area contributed by atoms with Gasteiger partial charge in [-0.25, -0.2) is 0 Å². The number of aromatic nitrogens is 1. The Hall–Kier alpha value is -2.76. The van der Waals surface area contributed by atoms with Crippen molar-refractivity contribution in [2.24, 2.45) is 0 Å². The molecule has 0 bridgehead atoms. The van der Waals surface area contributed by atoms with Crippen molar-refractivity contribution in [1.29, 1.82) is 0 Å². The fourth-order valence-electron chi connectivity index (χ4n) is 2.00. The summed E-state index contributed by atoms with van der Waals surface area (Å²) in [5.41, 5.74) is 1.05. The number of nitrogens with zero attached hydrogens (tertiary/aromatic N) is 1. The molecule has 1 aromatic heterocycles. The zero-order chi connectivity index (χ0) is 16.8. The summed E-state index contributed by atoms with van der Waals surface area (Å²) in [5, 5.41) is 6.34. The topological polar surface area (TPSA) is 73.6 Å². The molecule has 0 saturated heterocycles. The average Bonchev–Trinajstić information content (AvgIpc) is 2.93. The minimum absolute atomic E-state index is 0.324. The highest BCUT2D eigenvalue weighted by Gasteiger charge is 2.18. The van der Waals surface area contributed by atoms with Gasteiger partial charge in [-0.05, 0) is 38.0 Å². The van der Waals surface area contributed by atoms with Crippen LogP contribution >= 0.6 is 0 Å². The molecule has 1 atom stereocenters. The molecule has 23 heavy (non-hydrogen) atoms. The molecule has 2 aromatic rings. The van der Waals surface area contributed by atoms with Gasteiger partial charge in [0.05, 0.1) is 7.11 Å². The van der Waals surface area contributed by atoms with Crippen molar-refractivity contribution in [1.82, 2.24) is 5.16 Å². The van der Waals surface area contributed by atoms with E-state index in [1.165, 1.54) is 0 Å². The summed E-state index contributed by atoms with van der Waals surface area (Å²) in [6, 6.07) is 7.19. The Balaban J connectivity index is 2.05. The maximum atomic E-state index is 12.1. The standard InChI is InChI=1S/C17H20N2O4/c1-5-6-13-7-8-14(15(10-13)21-4)22-12(3)17(20)18-16-9-11(2)23-19-16/h5,7-10,12H,1,6H2,2-4H3,(H,18,19,20). The van der Waals surface area contributed by atoms with E-state index in [1.807, 2.05) is 18.2 Å². The Labute approximate surface area is 135 Å². The van der Waals surface area contributed by atoms with Crippen LogP contribution in [0, 0.1) is 6.92 Å². The fraction of sp³-hybridized carbons (Fsp3) is 0.294. The predicted octanol–water partition coefficient (Wildman–Crippen LogP) is 3.13. The largest absolute Gasteiger partial charge is 0.493 e. The summed E-state index contributed by atoms with van der Waals surface area (Å²) in [4.78, 5) is 12.1. The Morgan fingerprint density at radius 3 is 2.83 bits per heavy atom. The number of allylic oxidation sites excluding steroid dienone is 1. The number of aryl methyl sites for hydroxylation is 1. The molecule has 0 radical (unpaired) electrons. The van der Waals surface area contributed by atoms with Crippen molar-refractivity contribution >= 4 is 11.7 Å². The van der Waals surface area contributed by atoms with Crippen LogP contribution in [0.4, 0.5) is 5.82 Å². The number of hydrogen-bond acceptors (Lipinski definition) is 5. The first-order valence-electron chi connectivity index (χ1n) is 7.22. The Morgan fingerprint density at radius 2 is 2.22 bits per heavy atom. The fourth-order valence-corrected chi connectivity index (χ4v) is 2.00. The highest BCUT2D eigenvalue weighted by Crippen LogP contribution is 2.29. The summed E-state index contributed by atoms with van der Waals surface area (Å²) in [6.07, 6.45) is 1.83. The minimum atomic E-state index is -0.717. The lowest BCUT2D eigenvalue weighted by molar-refractivity contribution is -0.122. The van der Waals surface area contributed by atoms with Crippen molar-refractivity contribution in [3.63, 3.8) is 0 Å². The van der Waals surface area contributed by atoms with Crippen LogP contribution in [0.15, 0.2) is 41.4 Å². The van der Waals surface area contributed by atoms with Crippen LogP contribution in [0.25, 0.3) is 0 Å². The third kappa shape index (κ3) is 4.35. The smallest absolute Gasteiger partial charge is 0.266 e. The molecule has 0 aliphatic heterocycles. The van der Waals surface area contributed by atoms with E-state index in [2.05, 4.69) is 17.1 Å². The van der Waals surface area contributed by atoms with Crippen molar-refractivity contribution in [2.45, 2.75) is 26.4 Å². The molecule has 0 aliphatic carbocycles. The van der Waals surface area contributed by atoms with Crippen molar-refractivity contribution in [3.05, 3.63) is 48.2 Å². The SMILES string of the molecule is C=CCc1ccc(OC(C)C(=O)Nc2cc(C)on2)c(OC)c1. The van der Waals surface area contributed by atoms with E-state index in [1.54, 1.807) is 33.1 Å². The first-order chi connectivity index (χ1) is 11.0. The lowest BCUT2D eigenvalue weighted by Gasteiger charge is -2.16. The van der Waals surface area contributed by atoms with Gasteiger partial charge in [-0.15, -0.1) is 6.58 Å². The normalized spacial score (nSPS) is 11.6. The van der Waals surface area contributed by atoms with E-state index in [0.717, 1.165) is 12.0 Å². The zero-order valence-corrected chi connectivity index (χ0v) is 13.5. The first kappa shape index (κ1) is 16.6. The summed E-state index contributed by atoms with van der Waals surface area (Å²) in [7, 11) is 1.56. The molecule has 2 rings (SSSR count). The number of amides is 1. The second kappa shape index (κ2) is 7.49.